The molecular weight excluding hydrogens is 404 g/mol. The summed E-state index contributed by atoms with van der Waals surface area (Å²) < 4.78 is 13.6. The van der Waals surface area contributed by atoms with Gasteiger partial charge in [-0.25, -0.2) is 4.79 Å². The van der Waals surface area contributed by atoms with Crippen LogP contribution in [0.15, 0.2) is 71.5 Å². The monoisotopic (exact) mass is 422 g/mol. The Morgan fingerprint density at radius 3 is 2.40 bits per heavy atom. The van der Waals surface area contributed by atoms with Crippen molar-refractivity contribution in [1.29, 1.82) is 0 Å². The molecule has 0 saturated heterocycles. The highest BCUT2D eigenvalue weighted by Gasteiger charge is 2.14. The van der Waals surface area contributed by atoms with Gasteiger partial charge in [0.2, 0.25) is 0 Å². The van der Waals surface area contributed by atoms with Crippen molar-refractivity contribution < 1.29 is 9.47 Å². The lowest BCUT2D eigenvalue weighted by Crippen LogP contribution is -2.23. The van der Waals surface area contributed by atoms with Crippen LogP contribution in [-0.2, 0) is 13.7 Å². The predicted octanol–water partition coefficient (Wildman–Crippen LogP) is 3.87. The van der Waals surface area contributed by atoms with Crippen molar-refractivity contribution in [1.82, 2.24) is 19.8 Å². The lowest BCUT2D eigenvalue weighted by Gasteiger charge is -2.13. The van der Waals surface area contributed by atoms with Crippen LogP contribution in [0.1, 0.15) is 5.56 Å². The third-order valence-corrected chi connectivity index (χ3v) is 5.04. The molecule has 0 amide bonds. The summed E-state index contributed by atoms with van der Waals surface area (Å²) in [6.07, 6.45) is 0. The van der Waals surface area contributed by atoms with Crippen molar-refractivity contribution in [2.45, 2.75) is 6.61 Å². The molecule has 1 aromatic heterocycles. The summed E-state index contributed by atoms with van der Waals surface area (Å²) in [5.74, 6) is 1.48. The zero-order chi connectivity index (χ0) is 21.1. The van der Waals surface area contributed by atoms with E-state index in [-0.39, 0.29) is 12.3 Å². The van der Waals surface area contributed by atoms with E-state index in [1.807, 2.05) is 48.5 Å². The van der Waals surface area contributed by atoms with Gasteiger partial charge in [0.25, 0.3) is 0 Å². The summed E-state index contributed by atoms with van der Waals surface area (Å²) in [6.45, 7) is 0.171. The summed E-state index contributed by atoms with van der Waals surface area (Å²) in [4.78, 5) is 12.3. The van der Waals surface area contributed by atoms with Gasteiger partial charge >= 0.3 is 5.69 Å². The Labute approximate surface area is 178 Å². The Balaban J connectivity index is 1.60. The number of tetrazole rings is 1. The van der Waals surface area contributed by atoms with Gasteiger partial charge < -0.3 is 9.47 Å². The van der Waals surface area contributed by atoms with Crippen molar-refractivity contribution in [2.75, 3.05) is 7.11 Å². The van der Waals surface area contributed by atoms with Crippen molar-refractivity contribution in [3.63, 3.8) is 0 Å². The van der Waals surface area contributed by atoms with Crippen molar-refractivity contribution in [3.8, 4) is 28.3 Å². The van der Waals surface area contributed by atoms with Gasteiger partial charge in [-0.15, -0.1) is 0 Å². The Morgan fingerprint density at radius 1 is 0.933 bits per heavy atom. The summed E-state index contributed by atoms with van der Waals surface area (Å²) in [5.41, 5.74) is 2.88. The molecule has 4 aromatic rings. The molecule has 152 valence electrons. The standard InChI is InChI=1S/C22H19ClN4O3/c1-26-22(28)27(25-24-26)21-8-4-7-20(23)19(21)14-30-18-6-3-5-16(13-18)15-9-11-17(29-2)12-10-15/h3-13H,14H2,1-2H3. The van der Waals surface area contributed by atoms with E-state index in [4.69, 9.17) is 21.1 Å². The average Bonchev–Trinajstić information content (AvgIpc) is 3.11. The second-order valence-corrected chi connectivity index (χ2v) is 6.99. The van der Waals surface area contributed by atoms with Gasteiger partial charge in [-0.2, -0.15) is 9.36 Å². The first-order chi connectivity index (χ1) is 14.6. The lowest BCUT2D eigenvalue weighted by atomic mass is 10.1. The first kappa shape index (κ1) is 19.7. The minimum atomic E-state index is -0.361. The molecule has 4 rings (SSSR count). The van der Waals surface area contributed by atoms with E-state index in [2.05, 4.69) is 10.4 Å². The smallest absolute Gasteiger partial charge is 0.368 e. The molecule has 7 nitrogen and oxygen atoms in total. The zero-order valence-electron chi connectivity index (χ0n) is 16.4. The first-order valence-electron chi connectivity index (χ1n) is 9.21. The van der Waals surface area contributed by atoms with Crippen LogP contribution in [0.4, 0.5) is 0 Å². The molecule has 0 unspecified atom stereocenters. The number of halogens is 1. The highest BCUT2D eigenvalue weighted by atomic mass is 35.5. The Morgan fingerprint density at radius 2 is 1.70 bits per heavy atom. The number of hydrogen-bond acceptors (Lipinski definition) is 5. The summed E-state index contributed by atoms with van der Waals surface area (Å²) in [7, 11) is 3.18. The largest absolute Gasteiger partial charge is 0.497 e. The Hall–Kier alpha value is -3.58. The molecule has 0 radical (unpaired) electrons. The van der Waals surface area contributed by atoms with Gasteiger partial charge in [0.15, 0.2) is 0 Å². The maximum absolute atomic E-state index is 12.3. The van der Waals surface area contributed by atoms with Crippen molar-refractivity contribution in [3.05, 3.63) is 87.8 Å². The highest BCUT2D eigenvalue weighted by Crippen LogP contribution is 2.28. The van der Waals surface area contributed by atoms with Crippen LogP contribution >= 0.6 is 11.6 Å². The highest BCUT2D eigenvalue weighted by molar-refractivity contribution is 6.31. The minimum absolute atomic E-state index is 0.171. The number of aryl methyl sites for hydroxylation is 1. The molecule has 1 heterocycles. The van der Waals surface area contributed by atoms with E-state index in [1.165, 1.54) is 11.7 Å². The van der Waals surface area contributed by atoms with Crippen LogP contribution in [0, 0.1) is 0 Å². The first-order valence-corrected chi connectivity index (χ1v) is 9.58. The van der Waals surface area contributed by atoms with E-state index >= 15 is 0 Å². The molecule has 0 aliphatic carbocycles. The van der Waals surface area contributed by atoms with Crippen LogP contribution in [0.2, 0.25) is 5.02 Å². The summed E-state index contributed by atoms with van der Waals surface area (Å²) in [6, 6.07) is 20.8. The third kappa shape index (κ3) is 3.92. The van der Waals surface area contributed by atoms with E-state index in [0.717, 1.165) is 21.6 Å². The molecule has 0 fully saturated rings. The molecule has 0 aliphatic heterocycles. The van der Waals surface area contributed by atoms with Crippen LogP contribution in [0.3, 0.4) is 0 Å². The molecule has 0 atom stereocenters. The van der Waals surface area contributed by atoms with E-state index in [1.54, 1.807) is 25.3 Å². The quantitative estimate of drug-likeness (QED) is 0.471. The molecule has 0 bridgehead atoms. The molecule has 0 N–H and O–H groups in total. The zero-order valence-corrected chi connectivity index (χ0v) is 17.2. The van der Waals surface area contributed by atoms with Gasteiger partial charge in [-0.05, 0) is 58.0 Å². The predicted molar refractivity (Wildman–Crippen MR) is 114 cm³/mol. The lowest BCUT2D eigenvalue weighted by molar-refractivity contribution is 0.306. The SMILES string of the molecule is COc1ccc(-c2cccc(OCc3c(Cl)cccc3-n3nnn(C)c3=O)c2)cc1. The number of benzene rings is 3. The van der Waals surface area contributed by atoms with Gasteiger partial charge in [0.05, 0.1) is 12.8 Å². The Bertz CT molecular complexity index is 1230. The number of hydrogen-bond donors (Lipinski definition) is 0. The van der Waals surface area contributed by atoms with Gasteiger partial charge in [-0.1, -0.05) is 41.9 Å². The van der Waals surface area contributed by atoms with Crippen molar-refractivity contribution >= 4 is 11.6 Å². The molecule has 0 spiro atoms. The molecular formula is C22H19ClN4O3. The average molecular weight is 423 g/mol. The van der Waals surface area contributed by atoms with E-state index in [9.17, 15) is 4.79 Å². The molecule has 0 saturated carbocycles. The Kier molecular flexibility index (Phi) is 5.54. The van der Waals surface area contributed by atoms with Crippen molar-refractivity contribution in [2.24, 2.45) is 7.05 Å². The van der Waals surface area contributed by atoms with E-state index in [0.29, 0.717) is 22.0 Å². The van der Waals surface area contributed by atoms with Gasteiger partial charge in [-0.3, -0.25) is 0 Å². The molecule has 8 heteroatoms. The number of ether oxygens (including phenoxy) is 2. The van der Waals surface area contributed by atoms with Gasteiger partial charge in [0, 0.05) is 17.6 Å². The second kappa shape index (κ2) is 8.42. The molecule has 30 heavy (non-hydrogen) atoms. The van der Waals surface area contributed by atoms with Crippen LogP contribution < -0.4 is 15.2 Å². The number of aromatic nitrogens is 4. The third-order valence-electron chi connectivity index (χ3n) is 4.68. The maximum Gasteiger partial charge on any atom is 0.368 e. The second-order valence-electron chi connectivity index (χ2n) is 6.58. The number of nitrogens with zero attached hydrogens (tertiary/aromatic N) is 4. The summed E-state index contributed by atoms with van der Waals surface area (Å²) >= 11 is 6.40. The van der Waals surface area contributed by atoms with Crippen LogP contribution in [-0.4, -0.2) is 26.9 Å². The fourth-order valence-corrected chi connectivity index (χ4v) is 3.28. The van der Waals surface area contributed by atoms with Crippen LogP contribution in [0.25, 0.3) is 16.8 Å². The fourth-order valence-electron chi connectivity index (χ4n) is 3.06. The maximum atomic E-state index is 12.3. The summed E-state index contributed by atoms with van der Waals surface area (Å²) in [5, 5.41) is 8.15. The minimum Gasteiger partial charge on any atom is -0.497 e. The molecule has 3 aromatic carbocycles. The topological polar surface area (TPSA) is 71.2 Å². The number of rotatable bonds is 6. The normalized spacial score (nSPS) is 10.8. The van der Waals surface area contributed by atoms with E-state index < -0.39 is 0 Å². The number of methoxy groups -OCH3 is 1. The van der Waals surface area contributed by atoms with Crippen LogP contribution in [0.5, 0.6) is 11.5 Å². The fraction of sp³-hybridized carbons (Fsp3) is 0.136. The van der Waals surface area contributed by atoms with Gasteiger partial charge in [0.1, 0.15) is 18.1 Å². The molecule has 0 aliphatic rings.